The maximum atomic E-state index is 10.2. The van der Waals surface area contributed by atoms with Gasteiger partial charge in [0.25, 0.3) is 10.1 Å². The van der Waals surface area contributed by atoms with Crippen LogP contribution in [0.5, 0.6) is 0 Å². The van der Waals surface area contributed by atoms with Crippen LogP contribution in [0.4, 0.5) is 0 Å². The third-order valence-electron chi connectivity index (χ3n) is 0.975. The summed E-state index contributed by atoms with van der Waals surface area (Å²) in [7, 11) is -4.94. The molecule has 13 heavy (non-hydrogen) atoms. The molecular weight excluding hydrogens is 305 g/mol. The van der Waals surface area contributed by atoms with E-state index in [-0.39, 0.29) is 27.3 Å². The summed E-state index contributed by atoms with van der Waals surface area (Å²) in [6.45, 7) is 0. The molecule has 0 saturated heterocycles. The smallest absolute Gasteiger partial charge is 0.550 e. The van der Waals surface area contributed by atoms with Gasteiger partial charge in [-0.1, -0.05) is 0 Å². The minimum atomic E-state index is -4.94. The number of carbonyl (C=O) groups excluding carboxylic acids is 2. The fourth-order valence-corrected chi connectivity index (χ4v) is 1.05. The van der Waals surface area contributed by atoms with Crippen molar-refractivity contribution >= 4 is 22.1 Å². The van der Waals surface area contributed by atoms with Gasteiger partial charge in [-0.05, 0) is 0 Å². The molecule has 0 saturated carbocycles. The predicted molar refractivity (Wildman–Crippen MR) is 30.0 cm³/mol. The molecule has 0 fully saturated rings. The molecule has 0 rings (SSSR count). The number of carboxylic acids is 2. The Kier molecular flexibility index (Phi) is 6.44. The van der Waals surface area contributed by atoms with E-state index in [1.54, 1.807) is 0 Å². The van der Waals surface area contributed by atoms with E-state index < -0.39 is 33.7 Å². The first-order valence-electron chi connectivity index (χ1n) is 2.62. The second kappa shape index (κ2) is 5.49. The molecule has 0 bridgehead atoms. The van der Waals surface area contributed by atoms with E-state index in [4.69, 9.17) is 4.55 Å². The van der Waals surface area contributed by atoms with Crippen molar-refractivity contribution in [3.63, 3.8) is 0 Å². The number of hydrogen-bond donors (Lipinski definition) is 1. The second-order valence-electron chi connectivity index (χ2n) is 1.90. The molecule has 70 valence electrons. The third-order valence-corrected chi connectivity index (χ3v) is 2.05. The van der Waals surface area contributed by atoms with Crippen molar-refractivity contribution in [1.29, 1.82) is 0 Å². The first-order valence-corrected chi connectivity index (χ1v) is 4.12. The molecule has 0 aliphatic heterocycles. The van der Waals surface area contributed by atoms with Crippen LogP contribution in [0.25, 0.3) is 0 Å². The van der Waals surface area contributed by atoms with E-state index in [0.29, 0.717) is 0 Å². The Morgan fingerprint density at radius 3 is 1.77 bits per heavy atom. The molecule has 0 amide bonds. The molecule has 0 spiro atoms. The van der Waals surface area contributed by atoms with Crippen LogP contribution in [0.3, 0.4) is 0 Å². The molecule has 0 aromatic rings. The molecule has 0 aromatic carbocycles. The number of rotatable bonds is 4. The van der Waals surface area contributed by atoms with Crippen LogP contribution in [0.15, 0.2) is 0 Å². The van der Waals surface area contributed by atoms with Gasteiger partial charge >= 0.3 is 27.3 Å². The fourth-order valence-electron chi connectivity index (χ4n) is 0.462. The van der Waals surface area contributed by atoms with E-state index in [9.17, 15) is 28.2 Å². The van der Waals surface area contributed by atoms with Gasteiger partial charge in [0.2, 0.25) is 0 Å². The number of carbonyl (C=O) groups is 2. The summed E-state index contributed by atoms with van der Waals surface area (Å²) in [5.74, 6) is -4.08. The van der Waals surface area contributed by atoms with Crippen molar-refractivity contribution in [2.75, 3.05) is 0 Å². The molecule has 7 nitrogen and oxygen atoms in total. The van der Waals surface area contributed by atoms with Crippen LogP contribution in [-0.2, 0) is 47.0 Å². The van der Waals surface area contributed by atoms with E-state index >= 15 is 0 Å². The van der Waals surface area contributed by atoms with Crippen molar-refractivity contribution in [2.45, 2.75) is 11.7 Å². The van der Waals surface area contributed by atoms with Crippen LogP contribution >= 0.6 is 0 Å². The summed E-state index contributed by atoms with van der Waals surface area (Å²) < 4.78 is 28.5. The van der Waals surface area contributed by atoms with Crippen LogP contribution in [0.1, 0.15) is 6.42 Å². The standard InChI is InChI=1S/C4H6O7S.Cd/c5-3(6)1-2(4(7)8)12(9,10)11;/h2H,1H2,(H,5,6)(H,7,8)(H,9,10,11);/q;+2/p-2. The monoisotopic (exact) mass is 310 g/mol. The Morgan fingerprint density at radius 2 is 1.69 bits per heavy atom. The van der Waals surface area contributed by atoms with Crippen LogP contribution in [-0.4, -0.2) is 30.2 Å². The first kappa shape index (κ1) is 15.3. The van der Waals surface area contributed by atoms with Gasteiger partial charge in [0.05, 0.1) is 5.97 Å². The minimum Gasteiger partial charge on any atom is -0.550 e. The van der Waals surface area contributed by atoms with Crippen LogP contribution in [0, 0.1) is 0 Å². The average Bonchev–Trinajstić information content (AvgIpc) is 1.79. The van der Waals surface area contributed by atoms with Gasteiger partial charge < -0.3 is 19.8 Å². The summed E-state index contributed by atoms with van der Waals surface area (Å²) in [6.07, 6.45) is -1.33. The Hall–Kier alpha value is -0.228. The molecule has 0 aliphatic rings. The van der Waals surface area contributed by atoms with Gasteiger partial charge in [0.15, 0.2) is 0 Å². The van der Waals surface area contributed by atoms with Crippen molar-refractivity contribution in [2.24, 2.45) is 0 Å². The molecule has 9 heteroatoms. The van der Waals surface area contributed by atoms with E-state index in [2.05, 4.69) is 0 Å². The summed E-state index contributed by atoms with van der Waals surface area (Å²) >= 11 is 0. The van der Waals surface area contributed by atoms with Crippen LogP contribution in [0.2, 0.25) is 0 Å². The molecule has 0 aromatic heterocycles. The van der Waals surface area contributed by atoms with Crippen molar-refractivity contribution < 1.29 is 60.1 Å². The largest absolute Gasteiger partial charge is 2.00 e. The van der Waals surface area contributed by atoms with Crippen molar-refractivity contribution in [3.8, 4) is 0 Å². The number of carboxylic acid groups (broad SMARTS) is 2. The van der Waals surface area contributed by atoms with Gasteiger partial charge in [-0.15, -0.1) is 0 Å². The summed E-state index contributed by atoms with van der Waals surface area (Å²) in [5, 5.41) is 17.3. The van der Waals surface area contributed by atoms with Gasteiger partial charge in [-0.25, -0.2) is 0 Å². The number of aliphatic carboxylic acids is 2. The average molecular weight is 309 g/mol. The Morgan fingerprint density at radius 1 is 1.31 bits per heavy atom. The molecule has 1 atom stereocenters. The maximum Gasteiger partial charge on any atom is 2.00 e. The first-order chi connectivity index (χ1) is 5.25. The Bertz CT molecular complexity index is 294. The van der Waals surface area contributed by atoms with Crippen molar-refractivity contribution in [1.82, 2.24) is 0 Å². The zero-order valence-corrected chi connectivity index (χ0v) is 11.1. The molecule has 0 aliphatic carbocycles. The quantitative estimate of drug-likeness (QED) is 0.414. The Balaban J connectivity index is 0. The molecule has 0 heterocycles. The van der Waals surface area contributed by atoms with E-state index in [1.165, 1.54) is 0 Å². The normalized spacial score (nSPS) is 12.7. The maximum absolute atomic E-state index is 10.2. The molecule has 0 radical (unpaired) electrons. The molecular formula is C4H4CdO7S. The molecule has 1 N–H and O–H groups in total. The second-order valence-corrected chi connectivity index (χ2v) is 3.50. The zero-order valence-electron chi connectivity index (χ0n) is 6.30. The van der Waals surface area contributed by atoms with Gasteiger partial charge in [0, 0.05) is 12.4 Å². The van der Waals surface area contributed by atoms with Gasteiger partial charge in [-0.2, -0.15) is 8.42 Å². The predicted octanol–water partition coefficient (Wildman–Crippen LogP) is -3.87. The Labute approximate surface area is 93.7 Å². The third kappa shape index (κ3) is 5.93. The summed E-state index contributed by atoms with van der Waals surface area (Å²) in [5.41, 5.74) is 0. The number of hydrogen-bond acceptors (Lipinski definition) is 6. The summed E-state index contributed by atoms with van der Waals surface area (Å²) in [4.78, 5) is 19.7. The van der Waals surface area contributed by atoms with Gasteiger partial charge in [0.1, 0.15) is 5.25 Å². The SMILES string of the molecule is O=C([O-])CC(C(=O)[O-])S(=O)(=O)O.[Cd+2]. The van der Waals surface area contributed by atoms with E-state index in [0.717, 1.165) is 0 Å². The van der Waals surface area contributed by atoms with Crippen molar-refractivity contribution in [3.05, 3.63) is 0 Å². The van der Waals surface area contributed by atoms with E-state index in [1.807, 2.05) is 0 Å². The van der Waals surface area contributed by atoms with Crippen LogP contribution < -0.4 is 10.2 Å². The fraction of sp³-hybridized carbons (Fsp3) is 0.500. The molecule has 1 unspecified atom stereocenters. The topological polar surface area (TPSA) is 135 Å². The van der Waals surface area contributed by atoms with Gasteiger partial charge in [-0.3, -0.25) is 4.55 Å². The summed E-state index contributed by atoms with van der Waals surface area (Å²) in [6, 6.07) is 0. The minimum absolute atomic E-state index is 0. The zero-order chi connectivity index (χ0) is 9.94.